The Morgan fingerprint density at radius 1 is 1.26 bits per heavy atom. The van der Waals surface area contributed by atoms with Gasteiger partial charge in [0.2, 0.25) is 0 Å². The van der Waals surface area contributed by atoms with Crippen molar-refractivity contribution in [3.05, 3.63) is 44.1 Å². The van der Waals surface area contributed by atoms with Crippen molar-refractivity contribution in [1.82, 2.24) is 9.78 Å². The molecule has 0 N–H and O–H groups in total. The molecule has 1 aromatic heterocycles. The largest absolute Gasteiger partial charge is 0.487 e. The highest BCUT2D eigenvalue weighted by atomic mass is 79.9. The molecular formula is C14H16Br2N2O. The van der Waals surface area contributed by atoms with Crippen molar-refractivity contribution in [2.75, 3.05) is 0 Å². The number of rotatable bonds is 4. The summed E-state index contributed by atoms with van der Waals surface area (Å²) in [6, 6.07) is 6.01. The van der Waals surface area contributed by atoms with Gasteiger partial charge in [-0.15, -0.1) is 0 Å². The van der Waals surface area contributed by atoms with Crippen LogP contribution in [-0.4, -0.2) is 9.78 Å². The van der Waals surface area contributed by atoms with E-state index in [1.807, 2.05) is 36.7 Å². The minimum absolute atomic E-state index is 0.512. The fraction of sp³-hybridized carbons (Fsp3) is 0.357. The van der Waals surface area contributed by atoms with E-state index in [9.17, 15) is 0 Å². The first kappa shape index (κ1) is 14.6. The van der Waals surface area contributed by atoms with E-state index in [-0.39, 0.29) is 0 Å². The summed E-state index contributed by atoms with van der Waals surface area (Å²) in [6.07, 6.45) is 0. The van der Waals surface area contributed by atoms with E-state index in [2.05, 4.69) is 43.9 Å². The van der Waals surface area contributed by atoms with Crippen molar-refractivity contribution in [3.8, 4) is 5.75 Å². The molecule has 1 heterocycles. The Balaban J connectivity index is 2.18. The van der Waals surface area contributed by atoms with E-state index in [0.29, 0.717) is 6.61 Å². The zero-order chi connectivity index (χ0) is 14.0. The molecule has 0 saturated heterocycles. The summed E-state index contributed by atoms with van der Waals surface area (Å²) in [5, 5.41) is 4.46. The molecule has 0 radical (unpaired) electrons. The van der Waals surface area contributed by atoms with Crippen molar-refractivity contribution in [1.29, 1.82) is 0 Å². The van der Waals surface area contributed by atoms with Gasteiger partial charge in [-0.3, -0.25) is 4.68 Å². The van der Waals surface area contributed by atoms with Gasteiger partial charge in [0.15, 0.2) is 0 Å². The molecule has 5 heteroatoms. The summed E-state index contributed by atoms with van der Waals surface area (Å²) >= 11 is 7.03. The van der Waals surface area contributed by atoms with Gasteiger partial charge in [0.05, 0.1) is 15.9 Å². The topological polar surface area (TPSA) is 27.1 Å². The van der Waals surface area contributed by atoms with Crippen LogP contribution in [0.1, 0.15) is 23.9 Å². The smallest absolute Gasteiger partial charge is 0.131 e. The van der Waals surface area contributed by atoms with Crippen LogP contribution < -0.4 is 4.74 Å². The maximum Gasteiger partial charge on any atom is 0.131 e. The highest BCUT2D eigenvalue weighted by molar-refractivity contribution is 9.10. The molecule has 3 nitrogen and oxygen atoms in total. The number of halogens is 2. The maximum absolute atomic E-state index is 5.90. The molecule has 0 unspecified atom stereocenters. The summed E-state index contributed by atoms with van der Waals surface area (Å²) in [7, 11) is 0. The van der Waals surface area contributed by atoms with Crippen LogP contribution in [0.4, 0.5) is 0 Å². The second-order valence-electron chi connectivity index (χ2n) is 4.36. The quantitative estimate of drug-likeness (QED) is 0.764. The van der Waals surface area contributed by atoms with Gasteiger partial charge in [-0.25, -0.2) is 0 Å². The number of aromatic nitrogens is 2. The number of ether oxygens (including phenoxy) is 1. The monoisotopic (exact) mass is 386 g/mol. The Labute approximate surface area is 130 Å². The lowest BCUT2D eigenvalue weighted by atomic mass is 10.2. The van der Waals surface area contributed by atoms with Crippen LogP contribution >= 0.6 is 31.9 Å². The van der Waals surface area contributed by atoms with Crippen LogP contribution in [0.5, 0.6) is 5.75 Å². The summed E-state index contributed by atoms with van der Waals surface area (Å²) in [5.74, 6) is 0.900. The summed E-state index contributed by atoms with van der Waals surface area (Å²) < 4.78 is 9.96. The second-order valence-corrected chi connectivity index (χ2v) is 6.07. The second kappa shape index (κ2) is 6.09. The van der Waals surface area contributed by atoms with Crippen molar-refractivity contribution >= 4 is 31.9 Å². The molecular weight excluding hydrogens is 372 g/mol. The highest BCUT2D eigenvalue weighted by Crippen LogP contribution is 2.26. The number of aryl methyl sites for hydroxylation is 3. The molecule has 0 fully saturated rings. The SMILES string of the molecule is CCn1nc(C)c(Br)c1COc1ccc(Br)cc1C. The van der Waals surface area contributed by atoms with Gasteiger partial charge in [0, 0.05) is 11.0 Å². The number of hydrogen-bond donors (Lipinski definition) is 0. The Kier molecular flexibility index (Phi) is 4.68. The Hall–Kier alpha value is -0.810. The predicted octanol–water partition coefficient (Wildman–Crippen LogP) is 4.62. The molecule has 0 aliphatic carbocycles. The molecule has 2 aromatic rings. The van der Waals surface area contributed by atoms with E-state index in [1.54, 1.807) is 0 Å². The lowest BCUT2D eigenvalue weighted by molar-refractivity contribution is 0.289. The van der Waals surface area contributed by atoms with Crippen LogP contribution in [0.25, 0.3) is 0 Å². The van der Waals surface area contributed by atoms with Crippen LogP contribution in [0.2, 0.25) is 0 Å². The van der Waals surface area contributed by atoms with Crippen molar-refractivity contribution in [2.24, 2.45) is 0 Å². The van der Waals surface area contributed by atoms with Crippen LogP contribution in [0, 0.1) is 13.8 Å². The number of benzene rings is 1. The van der Waals surface area contributed by atoms with Gasteiger partial charge in [-0.1, -0.05) is 15.9 Å². The summed E-state index contributed by atoms with van der Waals surface area (Å²) in [4.78, 5) is 0. The van der Waals surface area contributed by atoms with Gasteiger partial charge in [0.25, 0.3) is 0 Å². The molecule has 1 aromatic carbocycles. The predicted molar refractivity (Wildman–Crippen MR) is 83.5 cm³/mol. The molecule has 2 rings (SSSR count). The zero-order valence-electron chi connectivity index (χ0n) is 11.2. The molecule has 0 saturated carbocycles. The number of hydrogen-bond acceptors (Lipinski definition) is 2. The fourth-order valence-electron chi connectivity index (χ4n) is 1.93. The molecule has 0 bridgehead atoms. The van der Waals surface area contributed by atoms with Crippen LogP contribution in [-0.2, 0) is 13.2 Å². The molecule has 102 valence electrons. The average Bonchev–Trinajstić information content (AvgIpc) is 2.65. The molecule has 0 spiro atoms. The molecule has 0 aliphatic heterocycles. The summed E-state index contributed by atoms with van der Waals surface area (Å²) in [5.41, 5.74) is 3.18. The van der Waals surface area contributed by atoms with E-state index >= 15 is 0 Å². The van der Waals surface area contributed by atoms with E-state index in [1.165, 1.54) is 0 Å². The molecule has 0 atom stereocenters. The summed E-state index contributed by atoms with van der Waals surface area (Å²) in [6.45, 7) is 7.46. The van der Waals surface area contributed by atoms with Crippen molar-refractivity contribution in [2.45, 2.75) is 33.9 Å². The van der Waals surface area contributed by atoms with Gasteiger partial charge in [-0.05, 0) is 60.5 Å². The average molecular weight is 388 g/mol. The Bertz CT molecular complexity index is 593. The Morgan fingerprint density at radius 3 is 2.63 bits per heavy atom. The van der Waals surface area contributed by atoms with Crippen LogP contribution in [0.15, 0.2) is 27.1 Å². The zero-order valence-corrected chi connectivity index (χ0v) is 14.4. The van der Waals surface area contributed by atoms with Gasteiger partial charge in [0.1, 0.15) is 12.4 Å². The molecule has 0 aliphatic rings. The third-order valence-corrected chi connectivity index (χ3v) is 4.48. The lowest BCUT2D eigenvalue weighted by Gasteiger charge is -2.11. The first-order valence-electron chi connectivity index (χ1n) is 6.13. The third-order valence-electron chi connectivity index (χ3n) is 2.95. The number of nitrogens with zero attached hydrogens (tertiary/aromatic N) is 2. The Morgan fingerprint density at radius 2 is 2.00 bits per heavy atom. The van der Waals surface area contributed by atoms with Crippen molar-refractivity contribution in [3.63, 3.8) is 0 Å². The minimum Gasteiger partial charge on any atom is -0.487 e. The van der Waals surface area contributed by atoms with E-state index in [4.69, 9.17) is 4.74 Å². The standard InChI is InChI=1S/C14H16Br2N2O/c1-4-18-12(14(16)10(3)17-18)8-19-13-6-5-11(15)7-9(13)2/h5-7H,4,8H2,1-3H3. The van der Waals surface area contributed by atoms with Gasteiger partial charge in [-0.2, -0.15) is 5.10 Å². The first-order chi connectivity index (χ1) is 9.02. The van der Waals surface area contributed by atoms with Crippen LogP contribution in [0.3, 0.4) is 0 Å². The molecule has 19 heavy (non-hydrogen) atoms. The third kappa shape index (κ3) is 3.20. The molecule has 0 amide bonds. The lowest BCUT2D eigenvalue weighted by Crippen LogP contribution is -2.07. The van der Waals surface area contributed by atoms with Gasteiger partial charge < -0.3 is 4.74 Å². The van der Waals surface area contributed by atoms with Gasteiger partial charge >= 0.3 is 0 Å². The van der Waals surface area contributed by atoms with E-state index in [0.717, 1.165) is 38.2 Å². The van der Waals surface area contributed by atoms with E-state index < -0.39 is 0 Å². The normalized spacial score (nSPS) is 10.8. The highest BCUT2D eigenvalue weighted by Gasteiger charge is 2.13. The fourth-order valence-corrected chi connectivity index (χ4v) is 2.80. The first-order valence-corrected chi connectivity index (χ1v) is 7.72. The van der Waals surface area contributed by atoms with Crippen molar-refractivity contribution < 1.29 is 4.74 Å². The minimum atomic E-state index is 0.512. The maximum atomic E-state index is 5.90.